The Hall–Kier alpha value is -2.20. The third-order valence-corrected chi connectivity index (χ3v) is 9.22. The minimum absolute atomic E-state index is 0.0856. The van der Waals surface area contributed by atoms with Crippen molar-refractivity contribution in [2.24, 2.45) is 0 Å². The van der Waals surface area contributed by atoms with Gasteiger partial charge in [-0.2, -0.15) is 13.5 Å². The summed E-state index contributed by atoms with van der Waals surface area (Å²) in [4.78, 5) is 45.0. The van der Waals surface area contributed by atoms with Crippen molar-refractivity contribution in [3.05, 3.63) is 0 Å². The number of fused-ring (bicyclic) bond motifs is 2. The van der Waals surface area contributed by atoms with Gasteiger partial charge in [0.05, 0.1) is 38.8 Å². The molecule has 14 nitrogen and oxygen atoms in total. The van der Waals surface area contributed by atoms with Gasteiger partial charge in [0.25, 0.3) is 5.91 Å². The van der Waals surface area contributed by atoms with Gasteiger partial charge in [-0.25, -0.2) is 15.1 Å². The quantitative estimate of drug-likeness (QED) is 0.121. The molecule has 274 valence electrons. The molecule has 3 rings (SSSR count). The molecular weight excluding hydrogens is 630 g/mol. The van der Waals surface area contributed by atoms with Gasteiger partial charge in [-0.15, -0.1) is 4.28 Å². The SMILES string of the molecule is CC(C)(C)OC(=O)N1CC[C@H](ONC(=O)[C@@H]2CC[C@@H]3CN2C(=O)N3OS(=O)(=O)O)C1.CCCC[N+](CCCC)(CCCC)CCCC. The second-order valence-electron chi connectivity index (χ2n) is 14.1. The number of rotatable bonds is 17. The summed E-state index contributed by atoms with van der Waals surface area (Å²) >= 11 is 0. The van der Waals surface area contributed by atoms with E-state index in [0.29, 0.717) is 24.4 Å². The lowest BCUT2D eigenvalue weighted by atomic mass is 10.0. The second kappa shape index (κ2) is 19.1. The van der Waals surface area contributed by atoms with Gasteiger partial charge in [-0.05, 0) is 65.7 Å². The summed E-state index contributed by atoms with van der Waals surface area (Å²) in [6.45, 7) is 21.1. The van der Waals surface area contributed by atoms with Gasteiger partial charge in [0.1, 0.15) is 17.7 Å². The van der Waals surface area contributed by atoms with Crippen LogP contribution in [-0.4, -0.2) is 120 Å². The summed E-state index contributed by atoms with van der Waals surface area (Å²) < 4.78 is 41.7. The number of amides is 4. The number of likely N-dealkylation sites (tertiary alicyclic amines) is 1. The molecule has 0 aliphatic carbocycles. The van der Waals surface area contributed by atoms with E-state index in [4.69, 9.17) is 14.1 Å². The molecule has 47 heavy (non-hydrogen) atoms. The van der Waals surface area contributed by atoms with Crippen LogP contribution in [-0.2, 0) is 29.1 Å². The number of ether oxygens (including phenoxy) is 1. The Morgan fingerprint density at radius 1 is 0.894 bits per heavy atom. The maximum Gasteiger partial charge on any atom is 0.418 e. The van der Waals surface area contributed by atoms with Crippen LogP contribution in [0.5, 0.6) is 0 Å². The minimum Gasteiger partial charge on any atom is -0.444 e. The maximum atomic E-state index is 12.5. The van der Waals surface area contributed by atoms with Crippen LogP contribution in [0.3, 0.4) is 0 Å². The number of quaternary nitrogens is 1. The van der Waals surface area contributed by atoms with Gasteiger partial charge in [0, 0.05) is 13.1 Å². The van der Waals surface area contributed by atoms with Gasteiger partial charge >= 0.3 is 22.5 Å². The van der Waals surface area contributed by atoms with Crippen LogP contribution in [0, 0.1) is 0 Å². The molecule has 2 N–H and O–H groups in total. The number of hydrogen-bond donors (Lipinski definition) is 2. The molecule has 3 atom stereocenters. The van der Waals surface area contributed by atoms with Crippen molar-refractivity contribution in [3.8, 4) is 0 Å². The Labute approximate surface area is 282 Å². The van der Waals surface area contributed by atoms with Crippen molar-refractivity contribution in [1.29, 1.82) is 0 Å². The van der Waals surface area contributed by atoms with Crippen LogP contribution in [0.15, 0.2) is 0 Å². The zero-order valence-electron chi connectivity index (χ0n) is 29.9. The monoisotopic (exact) mass is 692 g/mol. The maximum absolute atomic E-state index is 12.5. The first-order chi connectivity index (χ1) is 22.1. The average molecular weight is 693 g/mol. The molecule has 0 saturated carbocycles. The summed E-state index contributed by atoms with van der Waals surface area (Å²) in [5.41, 5.74) is 1.72. The second-order valence-corrected chi connectivity index (χ2v) is 15.1. The first-order valence-electron chi connectivity index (χ1n) is 17.6. The van der Waals surface area contributed by atoms with Crippen molar-refractivity contribution in [1.82, 2.24) is 20.3 Å². The summed E-state index contributed by atoms with van der Waals surface area (Å²) in [6.07, 6.45) is 11.3. The molecule has 0 aromatic carbocycles. The summed E-state index contributed by atoms with van der Waals surface area (Å²) in [6, 6.07) is -2.28. The summed E-state index contributed by atoms with van der Waals surface area (Å²) in [5, 5.41) is 0.569. The number of hydroxylamine groups is 3. The van der Waals surface area contributed by atoms with Crippen molar-refractivity contribution >= 4 is 28.4 Å². The van der Waals surface area contributed by atoms with Gasteiger partial charge in [-0.3, -0.25) is 14.2 Å². The largest absolute Gasteiger partial charge is 0.444 e. The number of carbonyl (C=O) groups excluding carboxylic acids is 3. The lowest BCUT2D eigenvalue weighted by Gasteiger charge is -2.39. The lowest BCUT2D eigenvalue weighted by Crippen LogP contribution is -2.50. The van der Waals surface area contributed by atoms with Crippen LogP contribution in [0.4, 0.5) is 9.59 Å². The molecule has 0 aromatic rings. The third-order valence-electron chi connectivity index (χ3n) is 8.87. The Morgan fingerprint density at radius 2 is 1.43 bits per heavy atom. The smallest absolute Gasteiger partial charge is 0.418 e. The van der Waals surface area contributed by atoms with E-state index >= 15 is 0 Å². The number of unbranched alkanes of at least 4 members (excludes halogenated alkanes) is 4. The van der Waals surface area contributed by atoms with Gasteiger partial charge < -0.3 is 19.0 Å². The molecular formula is C32H62N5O9S+. The zero-order chi connectivity index (χ0) is 35.3. The van der Waals surface area contributed by atoms with Crippen molar-refractivity contribution < 1.29 is 45.7 Å². The van der Waals surface area contributed by atoms with Crippen molar-refractivity contribution in [2.45, 2.75) is 143 Å². The van der Waals surface area contributed by atoms with E-state index in [0.717, 1.165) is 0 Å². The van der Waals surface area contributed by atoms with E-state index in [9.17, 15) is 22.8 Å². The van der Waals surface area contributed by atoms with Crippen LogP contribution in [0.25, 0.3) is 0 Å². The van der Waals surface area contributed by atoms with E-state index in [2.05, 4.69) is 37.5 Å². The number of nitrogens with zero attached hydrogens (tertiary/aromatic N) is 4. The molecule has 3 saturated heterocycles. The van der Waals surface area contributed by atoms with Crippen LogP contribution in [0.1, 0.15) is 119 Å². The third kappa shape index (κ3) is 13.7. The van der Waals surface area contributed by atoms with E-state index in [-0.39, 0.29) is 19.5 Å². The van der Waals surface area contributed by atoms with Crippen LogP contribution in [0.2, 0.25) is 0 Å². The van der Waals surface area contributed by atoms with Gasteiger partial charge in [0.2, 0.25) is 0 Å². The van der Waals surface area contributed by atoms with E-state index in [1.807, 2.05) is 0 Å². The highest BCUT2D eigenvalue weighted by Crippen LogP contribution is 2.31. The predicted octanol–water partition coefficient (Wildman–Crippen LogP) is 5.05. The Bertz CT molecular complexity index is 1060. The molecule has 15 heteroatoms. The molecule has 4 amide bonds. The molecule has 2 bridgehead atoms. The van der Waals surface area contributed by atoms with Gasteiger partial charge in [-0.1, -0.05) is 53.4 Å². The number of hydrogen-bond acceptors (Lipinski definition) is 8. The standard InChI is InChI=1S/C16H26N4O9S.C16H36N/c1-16(2,3)27-15(23)18-7-6-11(9-18)28-17-13(21)12-5-4-10-8-19(12)14(22)20(10)29-30(24,25)26;1-5-9-13-17(14-10-6-2,15-11-7-3)16-12-8-4/h10-12H,4-9H2,1-3H3,(H,17,21)(H,24,25,26);5-16H2,1-4H3/q;+1/t10-,11+,12+;/m1./s1. The Balaban J connectivity index is 0.000000387. The zero-order valence-corrected chi connectivity index (χ0v) is 30.7. The molecule has 0 radical (unpaired) electrons. The predicted molar refractivity (Wildman–Crippen MR) is 178 cm³/mol. The highest BCUT2D eigenvalue weighted by atomic mass is 32.3. The fraction of sp³-hybridized carbons (Fsp3) is 0.906. The normalized spacial score (nSPS) is 21.5. The first kappa shape index (κ1) is 41.0. The fourth-order valence-corrected chi connectivity index (χ4v) is 6.66. The summed E-state index contributed by atoms with van der Waals surface area (Å²) in [7, 11) is -4.85. The highest BCUT2D eigenvalue weighted by Gasteiger charge is 2.49. The topological polar surface area (TPSA) is 155 Å². The summed E-state index contributed by atoms with van der Waals surface area (Å²) in [5.74, 6) is -0.564. The highest BCUT2D eigenvalue weighted by molar-refractivity contribution is 7.80. The number of carbonyl (C=O) groups is 3. The molecule has 3 fully saturated rings. The van der Waals surface area contributed by atoms with Crippen LogP contribution < -0.4 is 5.48 Å². The Morgan fingerprint density at radius 3 is 1.89 bits per heavy atom. The lowest BCUT2D eigenvalue weighted by molar-refractivity contribution is -0.929. The van der Waals surface area contributed by atoms with E-state index < -0.39 is 52.2 Å². The average Bonchev–Trinajstić information content (AvgIpc) is 3.57. The molecule has 0 spiro atoms. The van der Waals surface area contributed by atoms with Crippen molar-refractivity contribution in [2.75, 3.05) is 45.8 Å². The van der Waals surface area contributed by atoms with E-state index in [1.165, 1.54) is 91.8 Å². The molecule has 3 heterocycles. The molecule has 3 aliphatic heterocycles. The Kier molecular flexibility index (Phi) is 16.7. The fourth-order valence-electron chi connectivity index (χ4n) is 6.28. The number of nitrogens with one attached hydrogen (secondary N) is 1. The molecule has 0 aromatic heterocycles. The van der Waals surface area contributed by atoms with Crippen molar-refractivity contribution in [3.63, 3.8) is 0 Å². The number of piperidine rings is 1. The number of urea groups is 1. The molecule has 3 aliphatic rings. The molecule has 0 unspecified atom stereocenters. The first-order valence-corrected chi connectivity index (χ1v) is 19.0. The minimum atomic E-state index is -4.85. The van der Waals surface area contributed by atoms with Gasteiger partial charge in [0.15, 0.2) is 0 Å². The van der Waals surface area contributed by atoms with E-state index in [1.54, 1.807) is 20.8 Å². The van der Waals surface area contributed by atoms with Crippen LogP contribution >= 0.6 is 0 Å².